The van der Waals surface area contributed by atoms with E-state index in [0.717, 1.165) is 22.8 Å². The van der Waals surface area contributed by atoms with E-state index in [1.165, 1.54) is 19.1 Å². The number of aromatic nitrogens is 2. The number of aryl methyl sites for hydroxylation is 1. The third kappa shape index (κ3) is 5.76. The van der Waals surface area contributed by atoms with Crippen LogP contribution in [-0.4, -0.2) is 28.1 Å². The van der Waals surface area contributed by atoms with Crippen LogP contribution >= 0.6 is 11.6 Å². The molecule has 4 rings (SSSR count). The Hall–Kier alpha value is -3.89. The second-order valence-corrected chi connectivity index (χ2v) is 9.35. The topological polar surface area (TPSA) is 107 Å². The van der Waals surface area contributed by atoms with Crippen molar-refractivity contribution in [3.05, 3.63) is 76.3 Å². The van der Waals surface area contributed by atoms with Gasteiger partial charge < -0.3 is 20.2 Å². The number of imidazole rings is 1. The number of alkyl halides is 3. The van der Waals surface area contributed by atoms with Crippen LogP contribution in [0.2, 0.25) is 5.02 Å². The van der Waals surface area contributed by atoms with Gasteiger partial charge in [-0.25, -0.2) is 9.59 Å². The molecule has 0 spiro atoms. The second kappa shape index (κ2) is 9.53. The van der Waals surface area contributed by atoms with Crippen molar-refractivity contribution in [2.75, 3.05) is 0 Å². The molecule has 0 atom stereocenters. The molecule has 3 aromatic carbocycles. The first-order chi connectivity index (χ1) is 17.2. The van der Waals surface area contributed by atoms with Crippen LogP contribution in [0.15, 0.2) is 54.6 Å². The molecule has 1 aromatic heterocycles. The fourth-order valence-corrected chi connectivity index (χ4v) is 3.82. The molecule has 0 radical (unpaired) electrons. The molecular formula is C26H21ClF3N3O4. The van der Waals surface area contributed by atoms with Gasteiger partial charge in [-0.15, -0.1) is 0 Å². The highest BCUT2D eigenvalue weighted by molar-refractivity contribution is 6.34. The number of H-pyrrole nitrogens is 1. The molecule has 37 heavy (non-hydrogen) atoms. The fourth-order valence-electron chi connectivity index (χ4n) is 3.55. The second-order valence-electron chi connectivity index (χ2n) is 8.94. The molecule has 7 nitrogen and oxygen atoms in total. The molecule has 0 saturated carbocycles. The molecule has 0 amide bonds. The van der Waals surface area contributed by atoms with Crippen LogP contribution in [0.3, 0.4) is 0 Å². The Morgan fingerprint density at radius 1 is 1.03 bits per heavy atom. The van der Waals surface area contributed by atoms with Gasteiger partial charge in [0.1, 0.15) is 5.75 Å². The summed E-state index contributed by atoms with van der Waals surface area (Å²) in [6.07, 6.45) is -5.30. The minimum atomic E-state index is -5.30. The molecule has 1 heterocycles. The van der Waals surface area contributed by atoms with Crippen molar-refractivity contribution in [2.24, 2.45) is 5.73 Å². The lowest BCUT2D eigenvalue weighted by molar-refractivity contribution is -0.193. The molecule has 0 saturated heterocycles. The van der Waals surface area contributed by atoms with E-state index in [-0.39, 0.29) is 22.9 Å². The lowest BCUT2D eigenvalue weighted by Gasteiger charge is -2.19. The van der Waals surface area contributed by atoms with Crippen LogP contribution in [0.1, 0.15) is 35.3 Å². The predicted octanol–water partition coefficient (Wildman–Crippen LogP) is 6.42. The number of rotatable bonds is 5. The highest BCUT2D eigenvalue weighted by Gasteiger charge is 2.42. The van der Waals surface area contributed by atoms with Gasteiger partial charge >= 0.3 is 18.1 Å². The van der Waals surface area contributed by atoms with Crippen LogP contribution in [0.4, 0.5) is 13.2 Å². The van der Waals surface area contributed by atoms with E-state index in [0.29, 0.717) is 16.1 Å². The molecular weight excluding hydrogens is 511 g/mol. The van der Waals surface area contributed by atoms with E-state index in [4.69, 9.17) is 22.1 Å². The zero-order valence-electron chi connectivity index (χ0n) is 19.9. The van der Waals surface area contributed by atoms with E-state index >= 15 is 0 Å². The average Bonchev–Trinajstić information content (AvgIpc) is 3.19. The molecule has 0 bridgehead atoms. The molecule has 0 aliphatic carbocycles. The maximum absolute atomic E-state index is 12.4. The number of aromatic amines is 1. The summed E-state index contributed by atoms with van der Waals surface area (Å²) in [5.74, 6) is -3.97. The number of fused-ring (bicyclic) bond motifs is 1. The maximum Gasteiger partial charge on any atom is 0.491 e. The Morgan fingerprint density at radius 3 is 2.32 bits per heavy atom. The number of benzene rings is 3. The number of carbonyl (C=O) groups excluding carboxylic acids is 2. The monoisotopic (exact) mass is 531 g/mol. The Kier molecular flexibility index (Phi) is 6.74. The molecule has 3 N–H and O–H groups in total. The predicted molar refractivity (Wildman–Crippen MR) is 131 cm³/mol. The van der Waals surface area contributed by atoms with Crippen molar-refractivity contribution in [1.29, 1.82) is 0 Å². The van der Waals surface area contributed by atoms with Crippen molar-refractivity contribution in [3.8, 4) is 22.9 Å². The van der Waals surface area contributed by atoms with Crippen LogP contribution in [0.25, 0.3) is 22.2 Å². The molecule has 0 aliphatic heterocycles. The van der Waals surface area contributed by atoms with Gasteiger partial charge in [0.2, 0.25) is 0 Å². The van der Waals surface area contributed by atoms with Gasteiger partial charge in [0.25, 0.3) is 6.01 Å². The van der Waals surface area contributed by atoms with E-state index in [1.807, 2.05) is 38.1 Å². The third-order valence-corrected chi connectivity index (χ3v) is 5.86. The summed E-state index contributed by atoms with van der Waals surface area (Å²) in [4.78, 5) is 30.5. The first-order valence-electron chi connectivity index (χ1n) is 10.9. The van der Waals surface area contributed by atoms with Gasteiger partial charge in [0.15, 0.2) is 0 Å². The smallest absolute Gasteiger partial charge is 0.426 e. The average molecular weight is 532 g/mol. The minimum absolute atomic E-state index is 0.0537. The Morgan fingerprint density at radius 2 is 1.70 bits per heavy atom. The lowest BCUT2D eigenvalue weighted by atomic mass is 9.93. The Balaban J connectivity index is 1.59. The van der Waals surface area contributed by atoms with Gasteiger partial charge in [0, 0.05) is 11.1 Å². The van der Waals surface area contributed by atoms with Crippen molar-refractivity contribution in [1.82, 2.24) is 9.97 Å². The van der Waals surface area contributed by atoms with E-state index in [1.54, 1.807) is 12.1 Å². The Labute approximate surface area is 214 Å². The summed E-state index contributed by atoms with van der Waals surface area (Å²) in [5, 5.41) is 0.470. The van der Waals surface area contributed by atoms with Crippen molar-refractivity contribution in [2.45, 2.75) is 32.5 Å². The third-order valence-electron chi connectivity index (χ3n) is 5.55. The number of carbonyl (C=O) groups is 2. The number of nitrogens with one attached hydrogen (secondary N) is 1. The highest BCUT2D eigenvalue weighted by Crippen LogP contribution is 2.34. The molecule has 0 aliphatic rings. The summed E-state index contributed by atoms with van der Waals surface area (Å²) in [5.41, 5.74) is 9.37. The summed E-state index contributed by atoms with van der Waals surface area (Å²) in [6, 6.07) is 15.3. The van der Waals surface area contributed by atoms with Crippen LogP contribution in [-0.2, 0) is 15.1 Å². The largest absolute Gasteiger partial charge is 0.491 e. The highest BCUT2D eigenvalue weighted by atomic mass is 35.5. The van der Waals surface area contributed by atoms with E-state index < -0.39 is 23.7 Å². The van der Waals surface area contributed by atoms with Crippen molar-refractivity contribution < 1.29 is 32.2 Å². The summed E-state index contributed by atoms with van der Waals surface area (Å²) >= 11 is 6.51. The fraction of sp³-hybridized carbons (Fsp3) is 0.192. The van der Waals surface area contributed by atoms with Gasteiger partial charge in [0.05, 0.1) is 21.6 Å². The van der Waals surface area contributed by atoms with E-state index in [9.17, 15) is 22.8 Å². The van der Waals surface area contributed by atoms with Crippen LogP contribution in [0.5, 0.6) is 11.8 Å². The number of nitrogens with two attached hydrogens (primary N) is 1. The number of esters is 2. The Bertz CT molecular complexity index is 1510. The number of nitrogens with zero attached hydrogens (tertiary/aromatic N) is 1. The first kappa shape index (κ1) is 26.2. The first-order valence-corrected chi connectivity index (χ1v) is 11.3. The maximum atomic E-state index is 12.4. The number of ether oxygens (including phenoxy) is 2. The molecule has 11 heteroatoms. The zero-order valence-corrected chi connectivity index (χ0v) is 20.6. The molecule has 192 valence electrons. The van der Waals surface area contributed by atoms with Crippen molar-refractivity contribution in [3.63, 3.8) is 0 Å². The van der Waals surface area contributed by atoms with Gasteiger partial charge in [-0.05, 0) is 61.7 Å². The van der Waals surface area contributed by atoms with Gasteiger partial charge in [-0.2, -0.15) is 18.2 Å². The SMILES string of the molecule is Cc1ccc(Oc2nc3cc(-c4ccc(C(C)(C)N)cc4)c(Cl)cc3[nH]2)cc1C(=O)OC(=O)C(F)(F)F. The van der Waals surface area contributed by atoms with Gasteiger partial charge in [-0.3, -0.25) is 0 Å². The molecule has 0 unspecified atom stereocenters. The number of halogens is 4. The number of hydrogen-bond donors (Lipinski definition) is 2. The van der Waals surface area contributed by atoms with Crippen molar-refractivity contribution >= 4 is 34.6 Å². The molecule has 0 fully saturated rings. The van der Waals surface area contributed by atoms with Gasteiger partial charge in [-0.1, -0.05) is 41.9 Å². The lowest BCUT2D eigenvalue weighted by Crippen LogP contribution is -2.28. The zero-order chi connectivity index (χ0) is 27.1. The van der Waals surface area contributed by atoms with Crippen LogP contribution < -0.4 is 10.5 Å². The summed E-state index contributed by atoms with van der Waals surface area (Å²) in [6.45, 7) is 5.30. The van der Waals surface area contributed by atoms with E-state index in [2.05, 4.69) is 14.7 Å². The minimum Gasteiger partial charge on any atom is -0.426 e. The summed E-state index contributed by atoms with van der Waals surface area (Å²) < 4.78 is 46.9. The quantitative estimate of drug-likeness (QED) is 0.227. The normalized spacial score (nSPS) is 12.0. The number of hydrogen-bond acceptors (Lipinski definition) is 6. The standard InChI is InChI=1S/C26H21ClF3N3O4/c1-13-4-9-16(10-17(13)22(34)37-23(35)26(28,29)30)36-24-32-20-11-18(19(27)12-21(20)33-24)14-5-7-15(8-6-14)25(2,3)31/h4-12H,31H2,1-3H3,(H,32,33). The van der Waals surface area contributed by atoms with Crippen LogP contribution in [0, 0.1) is 6.92 Å². The molecule has 4 aromatic rings. The summed E-state index contributed by atoms with van der Waals surface area (Å²) in [7, 11) is 0.